The lowest BCUT2D eigenvalue weighted by atomic mass is 10.5. The van der Waals surface area contributed by atoms with Crippen LogP contribution >= 0.6 is 12.2 Å². The Labute approximate surface area is 77.4 Å². The molecule has 0 aliphatic carbocycles. The number of hydrogen-bond acceptors (Lipinski definition) is 2. The number of allylic oxidation sites excluding steroid dienone is 1. The van der Waals surface area contributed by atoms with E-state index in [0.29, 0.717) is 5.11 Å². The second kappa shape index (κ2) is 6.60. The third-order valence-electron chi connectivity index (χ3n) is 0.955. The fraction of sp³-hybridized carbons (Fsp3) is 0.429. The summed E-state index contributed by atoms with van der Waals surface area (Å²) >= 11 is 4.79. The van der Waals surface area contributed by atoms with Crippen molar-refractivity contribution in [2.75, 3.05) is 6.54 Å². The van der Waals surface area contributed by atoms with E-state index in [1.54, 1.807) is 13.0 Å². The highest BCUT2D eigenvalue weighted by Crippen LogP contribution is 1.69. The van der Waals surface area contributed by atoms with E-state index in [0.717, 1.165) is 6.54 Å². The van der Waals surface area contributed by atoms with E-state index in [-0.39, 0.29) is 5.91 Å². The Morgan fingerprint density at radius 1 is 1.50 bits per heavy atom. The van der Waals surface area contributed by atoms with Crippen LogP contribution in [-0.2, 0) is 4.79 Å². The fourth-order valence-corrected chi connectivity index (χ4v) is 0.712. The van der Waals surface area contributed by atoms with Crippen molar-refractivity contribution in [2.45, 2.75) is 13.8 Å². The molecule has 0 unspecified atom stereocenters. The minimum absolute atomic E-state index is 0.224. The van der Waals surface area contributed by atoms with Crippen LogP contribution in [0.3, 0.4) is 0 Å². The van der Waals surface area contributed by atoms with E-state index in [2.05, 4.69) is 16.2 Å². The molecule has 68 valence electrons. The van der Waals surface area contributed by atoms with Gasteiger partial charge in [0.1, 0.15) is 0 Å². The fourth-order valence-electron chi connectivity index (χ4n) is 0.516. The SMILES string of the molecule is C/C=C/C(=O)NNC(=S)NCC. The summed E-state index contributed by atoms with van der Waals surface area (Å²) in [6.45, 7) is 4.41. The number of hydrazine groups is 1. The lowest BCUT2D eigenvalue weighted by Gasteiger charge is -2.07. The van der Waals surface area contributed by atoms with E-state index in [4.69, 9.17) is 12.2 Å². The largest absolute Gasteiger partial charge is 0.362 e. The van der Waals surface area contributed by atoms with Crippen LogP contribution in [0.5, 0.6) is 0 Å². The lowest BCUT2D eigenvalue weighted by molar-refractivity contribution is -0.117. The summed E-state index contributed by atoms with van der Waals surface area (Å²) < 4.78 is 0. The summed E-state index contributed by atoms with van der Waals surface area (Å²) in [4.78, 5) is 10.8. The maximum absolute atomic E-state index is 10.8. The number of amides is 1. The molecule has 0 spiro atoms. The van der Waals surface area contributed by atoms with Gasteiger partial charge < -0.3 is 5.32 Å². The molecule has 0 saturated carbocycles. The van der Waals surface area contributed by atoms with Gasteiger partial charge in [-0.25, -0.2) is 0 Å². The molecule has 0 aromatic carbocycles. The zero-order chi connectivity index (χ0) is 9.40. The van der Waals surface area contributed by atoms with Gasteiger partial charge in [-0.2, -0.15) is 0 Å². The molecule has 0 rings (SSSR count). The molecule has 1 amide bonds. The first-order valence-corrected chi connectivity index (χ1v) is 4.08. The first kappa shape index (κ1) is 10.9. The van der Waals surface area contributed by atoms with Gasteiger partial charge in [0.2, 0.25) is 0 Å². The summed E-state index contributed by atoms with van der Waals surface area (Å²) in [6.07, 6.45) is 3.05. The van der Waals surface area contributed by atoms with Crippen LogP contribution in [0.4, 0.5) is 0 Å². The van der Waals surface area contributed by atoms with Gasteiger partial charge in [0.25, 0.3) is 5.91 Å². The Balaban J connectivity index is 3.54. The normalized spacial score (nSPS) is 9.50. The average molecular weight is 187 g/mol. The molecular formula is C7H13N3OS. The van der Waals surface area contributed by atoms with Crippen molar-refractivity contribution in [1.82, 2.24) is 16.2 Å². The number of thiocarbonyl (C=S) groups is 1. The number of carbonyl (C=O) groups excluding carboxylic acids is 1. The van der Waals surface area contributed by atoms with Crippen LogP contribution in [-0.4, -0.2) is 17.6 Å². The lowest BCUT2D eigenvalue weighted by Crippen LogP contribution is -2.46. The molecule has 0 bridgehead atoms. The number of hydrogen-bond donors (Lipinski definition) is 3. The highest BCUT2D eigenvalue weighted by Gasteiger charge is 1.94. The minimum Gasteiger partial charge on any atom is -0.362 e. The summed E-state index contributed by atoms with van der Waals surface area (Å²) in [7, 11) is 0. The summed E-state index contributed by atoms with van der Waals surface area (Å²) in [5.41, 5.74) is 4.93. The maximum atomic E-state index is 10.8. The third-order valence-corrected chi connectivity index (χ3v) is 1.20. The molecular weight excluding hydrogens is 174 g/mol. The summed E-state index contributed by atoms with van der Waals surface area (Å²) in [5.74, 6) is -0.224. The summed E-state index contributed by atoms with van der Waals surface area (Å²) in [5, 5.41) is 3.24. The van der Waals surface area contributed by atoms with E-state index in [9.17, 15) is 4.79 Å². The molecule has 0 radical (unpaired) electrons. The standard InChI is InChI=1S/C7H13N3OS/c1-3-5-6(11)9-10-7(12)8-4-2/h3,5H,4H2,1-2H3,(H,9,11)(H2,8,10,12)/b5-3+. The first-order valence-electron chi connectivity index (χ1n) is 3.67. The van der Waals surface area contributed by atoms with Crippen molar-refractivity contribution >= 4 is 23.2 Å². The van der Waals surface area contributed by atoms with E-state index in [1.165, 1.54) is 6.08 Å². The van der Waals surface area contributed by atoms with Gasteiger partial charge in [0.15, 0.2) is 5.11 Å². The van der Waals surface area contributed by atoms with Crippen LogP contribution in [0.1, 0.15) is 13.8 Å². The summed E-state index contributed by atoms with van der Waals surface area (Å²) in [6, 6.07) is 0. The number of nitrogens with one attached hydrogen (secondary N) is 3. The monoisotopic (exact) mass is 187 g/mol. The molecule has 5 heteroatoms. The van der Waals surface area contributed by atoms with Gasteiger partial charge in [0, 0.05) is 12.6 Å². The topological polar surface area (TPSA) is 53.2 Å². The molecule has 4 nitrogen and oxygen atoms in total. The highest BCUT2D eigenvalue weighted by atomic mass is 32.1. The predicted molar refractivity (Wildman–Crippen MR) is 52.4 cm³/mol. The molecule has 0 aliphatic rings. The van der Waals surface area contributed by atoms with Crippen LogP contribution in [0, 0.1) is 0 Å². The number of carbonyl (C=O) groups is 1. The van der Waals surface area contributed by atoms with Gasteiger partial charge in [-0.05, 0) is 26.1 Å². The van der Waals surface area contributed by atoms with Crippen LogP contribution in [0.2, 0.25) is 0 Å². The number of rotatable bonds is 2. The Morgan fingerprint density at radius 3 is 2.67 bits per heavy atom. The quantitative estimate of drug-likeness (QED) is 0.325. The van der Waals surface area contributed by atoms with Crippen LogP contribution in [0.15, 0.2) is 12.2 Å². The van der Waals surface area contributed by atoms with E-state index < -0.39 is 0 Å². The van der Waals surface area contributed by atoms with Crippen molar-refractivity contribution in [3.8, 4) is 0 Å². The third kappa shape index (κ3) is 5.67. The van der Waals surface area contributed by atoms with E-state index in [1.807, 2.05) is 6.92 Å². The maximum Gasteiger partial charge on any atom is 0.262 e. The van der Waals surface area contributed by atoms with Crippen molar-refractivity contribution in [2.24, 2.45) is 0 Å². The molecule has 12 heavy (non-hydrogen) atoms. The van der Waals surface area contributed by atoms with Crippen molar-refractivity contribution < 1.29 is 4.79 Å². The Hall–Kier alpha value is -1.10. The minimum atomic E-state index is -0.224. The van der Waals surface area contributed by atoms with Crippen molar-refractivity contribution in [3.63, 3.8) is 0 Å². The Bertz CT molecular complexity index is 191. The second-order valence-corrected chi connectivity index (χ2v) is 2.38. The second-order valence-electron chi connectivity index (χ2n) is 1.97. The van der Waals surface area contributed by atoms with Gasteiger partial charge in [-0.3, -0.25) is 15.6 Å². The first-order chi connectivity index (χ1) is 5.70. The zero-order valence-corrected chi connectivity index (χ0v) is 7.99. The highest BCUT2D eigenvalue weighted by molar-refractivity contribution is 7.80. The van der Waals surface area contributed by atoms with Gasteiger partial charge >= 0.3 is 0 Å². The van der Waals surface area contributed by atoms with Crippen molar-refractivity contribution in [3.05, 3.63) is 12.2 Å². The zero-order valence-electron chi connectivity index (χ0n) is 7.18. The average Bonchev–Trinajstić information content (AvgIpc) is 2.02. The van der Waals surface area contributed by atoms with E-state index >= 15 is 0 Å². The molecule has 0 aliphatic heterocycles. The molecule has 3 N–H and O–H groups in total. The Morgan fingerprint density at radius 2 is 2.17 bits per heavy atom. The molecule has 0 fully saturated rings. The molecule has 0 aromatic rings. The van der Waals surface area contributed by atoms with Gasteiger partial charge in [-0.1, -0.05) is 6.08 Å². The smallest absolute Gasteiger partial charge is 0.262 e. The molecule has 0 atom stereocenters. The molecule has 0 saturated heterocycles. The van der Waals surface area contributed by atoms with Gasteiger partial charge in [0.05, 0.1) is 0 Å². The Kier molecular flexibility index (Phi) is 6.00. The molecule has 0 aromatic heterocycles. The van der Waals surface area contributed by atoms with Gasteiger partial charge in [-0.15, -0.1) is 0 Å². The molecule has 0 heterocycles. The van der Waals surface area contributed by atoms with Crippen molar-refractivity contribution in [1.29, 1.82) is 0 Å². The van der Waals surface area contributed by atoms with Crippen LogP contribution < -0.4 is 16.2 Å². The predicted octanol–water partition coefficient (Wildman–Crippen LogP) is 0.0777. The van der Waals surface area contributed by atoms with Crippen LogP contribution in [0.25, 0.3) is 0 Å².